The van der Waals surface area contributed by atoms with E-state index in [0.717, 1.165) is 44.8 Å². The van der Waals surface area contributed by atoms with Crippen molar-refractivity contribution < 1.29 is 14.2 Å². The first-order valence-corrected chi connectivity index (χ1v) is 10.3. The molecule has 24 heavy (non-hydrogen) atoms. The normalized spacial score (nSPS) is 18.3. The van der Waals surface area contributed by atoms with Crippen LogP contribution in [-0.2, 0) is 9.47 Å². The fraction of sp³-hybridized carbons (Fsp3) is 0.700. The zero-order valence-corrected chi connectivity index (χ0v) is 16.1. The summed E-state index contributed by atoms with van der Waals surface area (Å²) in [5.41, 5.74) is 0. The minimum absolute atomic E-state index is 0.357. The summed E-state index contributed by atoms with van der Waals surface area (Å²) in [5.74, 6) is 2.90. The van der Waals surface area contributed by atoms with Gasteiger partial charge in [0.2, 0.25) is 0 Å². The van der Waals surface area contributed by atoms with Gasteiger partial charge in [0.25, 0.3) is 0 Å². The Morgan fingerprint density at radius 2 is 2.00 bits per heavy atom. The van der Waals surface area contributed by atoms with Crippen molar-refractivity contribution in [2.45, 2.75) is 57.5 Å². The third kappa shape index (κ3) is 6.66. The molecule has 1 aliphatic rings. The molecule has 1 aliphatic heterocycles. The Balaban J connectivity index is 1.75. The molecule has 1 unspecified atom stereocenters. The largest absolute Gasteiger partial charge is 0.493 e. The van der Waals surface area contributed by atoms with Gasteiger partial charge in [-0.25, -0.2) is 0 Å². The lowest BCUT2D eigenvalue weighted by molar-refractivity contribution is 0.0440. The number of ether oxygens (including phenoxy) is 3. The van der Waals surface area contributed by atoms with Gasteiger partial charge < -0.3 is 14.2 Å². The van der Waals surface area contributed by atoms with Crippen molar-refractivity contribution in [2.24, 2.45) is 11.8 Å². The van der Waals surface area contributed by atoms with Gasteiger partial charge >= 0.3 is 0 Å². The molecule has 0 aromatic heterocycles. The highest BCUT2D eigenvalue weighted by Crippen LogP contribution is 2.26. The summed E-state index contributed by atoms with van der Waals surface area (Å²) in [6.45, 7) is 9.23. The quantitative estimate of drug-likeness (QED) is 0.417. The maximum absolute atomic E-state index is 6.05. The highest BCUT2D eigenvalue weighted by molar-refractivity contribution is 7.99. The van der Waals surface area contributed by atoms with Crippen molar-refractivity contribution in [3.8, 4) is 5.75 Å². The third-order valence-electron chi connectivity index (χ3n) is 4.82. The van der Waals surface area contributed by atoms with E-state index in [1.165, 1.54) is 11.3 Å². The molecule has 1 saturated heterocycles. The van der Waals surface area contributed by atoms with Crippen LogP contribution in [0.2, 0.25) is 0 Å². The summed E-state index contributed by atoms with van der Waals surface area (Å²) in [6.07, 6.45) is 4.81. The van der Waals surface area contributed by atoms with Crippen molar-refractivity contribution in [1.29, 1.82) is 0 Å². The molecule has 1 aromatic rings. The first kappa shape index (κ1) is 19.6. The van der Waals surface area contributed by atoms with Gasteiger partial charge in [-0.1, -0.05) is 45.0 Å². The second-order valence-corrected chi connectivity index (χ2v) is 7.60. The minimum atomic E-state index is 0.357. The molecule has 0 amide bonds. The van der Waals surface area contributed by atoms with Gasteiger partial charge in [0.05, 0.1) is 18.6 Å². The number of hydrogen-bond acceptors (Lipinski definition) is 4. The van der Waals surface area contributed by atoms with Crippen LogP contribution in [0.1, 0.15) is 46.5 Å². The zero-order chi connectivity index (χ0) is 17.2. The third-order valence-corrected chi connectivity index (χ3v) is 5.66. The first-order valence-electron chi connectivity index (χ1n) is 9.27. The Bertz CT molecular complexity index is 460. The zero-order valence-electron chi connectivity index (χ0n) is 15.3. The molecule has 0 saturated carbocycles. The minimum Gasteiger partial charge on any atom is -0.493 e. The molecule has 1 fully saturated rings. The predicted octanol–water partition coefficient (Wildman–Crippen LogP) is 5.38. The van der Waals surface area contributed by atoms with Crippen molar-refractivity contribution in [3.63, 3.8) is 0 Å². The lowest BCUT2D eigenvalue weighted by Gasteiger charge is -2.22. The second-order valence-electron chi connectivity index (χ2n) is 6.60. The fourth-order valence-corrected chi connectivity index (χ4v) is 3.67. The van der Waals surface area contributed by atoms with Gasteiger partial charge in [-0.15, -0.1) is 0 Å². The Morgan fingerprint density at radius 1 is 1.21 bits per heavy atom. The number of thioether (sulfide) groups is 1. The monoisotopic (exact) mass is 352 g/mol. The summed E-state index contributed by atoms with van der Waals surface area (Å²) in [7, 11) is 0. The summed E-state index contributed by atoms with van der Waals surface area (Å²) < 4.78 is 17.4. The van der Waals surface area contributed by atoms with Crippen LogP contribution < -0.4 is 4.74 Å². The van der Waals surface area contributed by atoms with Crippen LogP contribution in [-0.4, -0.2) is 31.9 Å². The molecule has 2 rings (SSSR count). The van der Waals surface area contributed by atoms with Crippen molar-refractivity contribution in [3.05, 3.63) is 24.3 Å². The molecule has 0 aliphatic carbocycles. The van der Waals surface area contributed by atoms with Crippen molar-refractivity contribution >= 4 is 11.8 Å². The van der Waals surface area contributed by atoms with E-state index in [9.17, 15) is 0 Å². The molecule has 1 aromatic carbocycles. The molecule has 4 heteroatoms. The van der Waals surface area contributed by atoms with Crippen LogP contribution in [0, 0.1) is 11.8 Å². The van der Waals surface area contributed by atoms with Gasteiger partial charge in [0, 0.05) is 18.1 Å². The smallest absolute Gasteiger partial charge is 0.120 e. The molecule has 0 N–H and O–H groups in total. The summed E-state index contributed by atoms with van der Waals surface area (Å²) in [4.78, 5) is 1.21. The molecule has 136 valence electrons. The number of benzene rings is 1. The van der Waals surface area contributed by atoms with E-state index in [0.29, 0.717) is 23.9 Å². The summed E-state index contributed by atoms with van der Waals surface area (Å²) >= 11 is 1.75. The lowest BCUT2D eigenvalue weighted by atomic mass is 10.0. The van der Waals surface area contributed by atoms with Gasteiger partial charge in [-0.3, -0.25) is 0 Å². The van der Waals surface area contributed by atoms with Crippen LogP contribution >= 0.6 is 11.8 Å². The first-order chi connectivity index (χ1) is 11.7. The fourth-order valence-electron chi connectivity index (χ4n) is 2.92. The van der Waals surface area contributed by atoms with Crippen LogP contribution in [0.25, 0.3) is 0 Å². The summed E-state index contributed by atoms with van der Waals surface area (Å²) in [6, 6.07) is 8.35. The SMILES string of the molecule is CCC(OCSc1cccc(OCC2CCOCC2)c1)[C@H](C)CC. The standard InChI is InChI=1S/C20H32O3S/c1-4-16(3)20(5-2)23-15-24-19-8-6-7-18(13-19)22-14-17-9-11-21-12-10-17/h6-8,13,16-17,20H,4-5,9-12,14-15H2,1-3H3/t16-,20?/m1/s1. The van der Waals surface area contributed by atoms with E-state index < -0.39 is 0 Å². The number of rotatable bonds is 10. The van der Waals surface area contributed by atoms with Gasteiger partial charge in [0.15, 0.2) is 0 Å². The van der Waals surface area contributed by atoms with E-state index in [1.807, 2.05) is 6.07 Å². The highest BCUT2D eigenvalue weighted by atomic mass is 32.2. The van der Waals surface area contributed by atoms with Crippen LogP contribution in [0.15, 0.2) is 29.2 Å². The van der Waals surface area contributed by atoms with Gasteiger partial charge in [0.1, 0.15) is 5.75 Å². The topological polar surface area (TPSA) is 27.7 Å². The van der Waals surface area contributed by atoms with Crippen LogP contribution in [0.3, 0.4) is 0 Å². The van der Waals surface area contributed by atoms with Crippen molar-refractivity contribution in [2.75, 3.05) is 25.8 Å². The Morgan fingerprint density at radius 3 is 2.71 bits per heavy atom. The maximum Gasteiger partial charge on any atom is 0.120 e. The molecule has 1 heterocycles. The molecule has 0 bridgehead atoms. The summed E-state index contributed by atoms with van der Waals surface area (Å²) in [5, 5.41) is 0. The lowest BCUT2D eigenvalue weighted by Crippen LogP contribution is -2.21. The van der Waals surface area contributed by atoms with Crippen LogP contribution in [0.4, 0.5) is 0 Å². The molecular formula is C20H32O3S. The Hall–Kier alpha value is -0.710. The van der Waals surface area contributed by atoms with E-state index in [1.54, 1.807) is 11.8 Å². The van der Waals surface area contributed by atoms with E-state index in [4.69, 9.17) is 14.2 Å². The van der Waals surface area contributed by atoms with E-state index in [2.05, 4.69) is 39.0 Å². The predicted molar refractivity (Wildman–Crippen MR) is 101 cm³/mol. The molecule has 0 spiro atoms. The van der Waals surface area contributed by atoms with Gasteiger partial charge in [-0.2, -0.15) is 0 Å². The molecular weight excluding hydrogens is 320 g/mol. The van der Waals surface area contributed by atoms with Gasteiger partial charge in [-0.05, 0) is 49.3 Å². The maximum atomic E-state index is 6.05. The number of hydrogen-bond donors (Lipinski definition) is 0. The molecule has 0 radical (unpaired) electrons. The van der Waals surface area contributed by atoms with Crippen molar-refractivity contribution in [1.82, 2.24) is 0 Å². The average molecular weight is 353 g/mol. The van der Waals surface area contributed by atoms with E-state index >= 15 is 0 Å². The molecule has 3 nitrogen and oxygen atoms in total. The molecule has 2 atom stereocenters. The second kappa shape index (κ2) is 11.0. The highest BCUT2D eigenvalue weighted by Gasteiger charge is 2.15. The van der Waals surface area contributed by atoms with Crippen LogP contribution in [0.5, 0.6) is 5.75 Å². The Labute approximate surface area is 151 Å². The Kier molecular flexibility index (Phi) is 9.00. The van der Waals surface area contributed by atoms with E-state index in [-0.39, 0.29) is 0 Å². The average Bonchev–Trinajstić information content (AvgIpc) is 2.64.